The van der Waals surface area contributed by atoms with Gasteiger partial charge in [-0.2, -0.15) is 0 Å². The van der Waals surface area contributed by atoms with Gasteiger partial charge in [0.25, 0.3) is 0 Å². The Labute approximate surface area is 119 Å². The summed E-state index contributed by atoms with van der Waals surface area (Å²) in [5, 5.41) is 0.695. The summed E-state index contributed by atoms with van der Waals surface area (Å²) in [6.45, 7) is 0.645. The van der Waals surface area contributed by atoms with Gasteiger partial charge in [0.15, 0.2) is 11.7 Å². The lowest BCUT2D eigenvalue weighted by atomic mass is 10.2. The summed E-state index contributed by atoms with van der Waals surface area (Å²) in [6.07, 6.45) is 3.39. The van der Waals surface area contributed by atoms with E-state index < -0.39 is 0 Å². The summed E-state index contributed by atoms with van der Waals surface area (Å²) in [5.41, 5.74) is 6.43. The van der Waals surface area contributed by atoms with Crippen LogP contribution in [0.15, 0.2) is 28.8 Å². The van der Waals surface area contributed by atoms with Crippen LogP contribution in [0.4, 0.5) is 0 Å². The molecule has 0 atom stereocenters. The van der Waals surface area contributed by atoms with Gasteiger partial charge in [-0.3, -0.25) is 0 Å². The van der Waals surface area contributed by atoms with Crippen molar-refractivity contribution >= 4 is 34.2 Å². The molecule has 1 heterocycles. The minimum atomic E-state index is 0.645. The summed E-state index contributed by atoms with van der Waals surface area (Å²) in [4.78, 5) is 4.23. The Balaban J connectivity index is 2.27. The lowest BCUT2D eigenvalue weighted by Gasteiger charge is -2.00. The van der Waals surface area contributed by atoms with Crippen molar-refractivity contribution in [2.45, 2.75) is 12.8 Å². The fourth-order valence-electron chi connectivity index (χ4n) is 1.49. The van der Waals surface area contributed by atoms with Crippen LogP contribution in [0.1, 0.15) is 12.3 Å². The van der Waals surface area contributed by atoms with Crippen molar-refractivity contribution in [3.63, 3.8) is 0 Å². The molecule has 0 bridgehead atoms. The first kappa shape index (κ1) is 12.9. The third-order valence-electron chi connectivity index (χ3n) is 2.34. The number of hydrogen-bond donors (Lipinski definition) is 1. The Morgan fingerprint density at radius 2 is 2.24 bits per heavy atom. The third kappa shape index (κ3) is 3.20. The molecule has 0 unspecified atom stereocenters. The molecule has 0 radical (unpaired) electrons. The topological polar surface area (TPSA) is 52.0 Å². The van der Waals surface area contributed by atoms with Gasteiger partial charge in [-0.15, -0.1) is 0 Å². The lowest BCUT2D eigenvalue weighted by molar-refractivity contribution is 0.499. The van der Waals surface area contributed by atoms with Gasteiger partial charge in [0.05, 0.1) is 6.20 Å². The number of hydrogen-bond acceptors (Lipinski definition) is 3. The van der Waals surface area contributed by atoms with Crippen LogP contribution in [0, 0.1) is 3.57 Å². The molecule has 1 aromatic heterocycles. The highest BCUT2D eigenvalue weighted by atomic mass is 127. The Kier molecular flexibility index (Phi) is 4.42. The van der Waals surface area contributed by atoms with Gasteiger partial charge in [0.2, 0.25) is 0 Å². The van der Waals surface area contributed by atoms with E-state index in [1.165, 1.54) is 0 Å². The van der Waals surface area contributed by atoms with Crippen LogP contribution in [-0.2, 0) is 6.42 Å². The van der Waals surface area contributed by atoms with E-state index >= 15 is 0 Å². The number of halogens is 2. The van der Waals surface area contributed by atoms with E-state index in [0.717, 1.165) is 33.6 Å². The molecule has 0 amide bonds. The zero-order chi connectivity index (χ0) is 12.3. The number of nitrogens with two attached hydrogens (primary N) is 1. The Hall–Kier alpha value is -0.590. The fraction of sp³-hybridized carbons (Fsp3) is 0.250. The van der Waals surface area contributed by atoms with E-state index in [1.807, 2.05) is 18.2 Å². The second-order valence-corrected chi connectivity index (χ2v) is 5.23. The van der Waals surface area contributed by atoms with Crippen LogP contribution in [0.2, 0.25) is 5.02 Å². The molecule has 2 N–H and O–H groups in total. The van der Waals surface area contributed by atoms with Crippen LogP contribution >= 0.6 is 34.2 Å². The average Bonchev–Trinajstić information content (AvgIpc) is 2.78. The van der Waals surface area contributed by atoms with Gasteiger partial charge in [0, 0.05) is 20.6 Å². The van der Waals surface area contributed by atoms with E-state index in [0.29, 0.717) is 11.6 Å². The van der Waals surface area contributed by atoms with Crippen molar-refractivity contribution in [3.05, 3.63) is 38.9 Å². The normalized spacial score (nSPS) is 10.8. The first-order valence-corrected chi connectivity index (χ1v) is 6.76. The standard InChI is InChI=1S/C12H12ClIN2O/c13-8-3-4-10(14)9(6-8)11-7-16-12(17-11)2-1-5-15/h3-4,6-7H,1-2,5,15H2. The minimum absolute atomic E-state index is 0.645. The zero-order valence-corrected chi connectivity index (χ0v) is 12.0. The smallest absolute Gasteiger partial charge is 0.194 e. The Morgan fingerprint density at radius 3 is 3.00 bits per heavy atom. The maximum atomic E-state index is 5.98. The summed E-state index contributed by atoms with van der Waals surface area (Å²) >= 11 is 8.23. The Morgan fingerprint density at radius 1 is 1.41 bits per heavy atom. The highest BCUT2D eigenvalue weighted by Crippen LogP contribution is 2.28. The third-order valence-corrected chi connectivity index (χ3v) is 3.52. The van der Waals surface area contributed by atoms with Gasteiger partial charge in [-0.25, -0.2) is 4.98 Å². The van der Waals surface area contributed by atoms with E-state index in [-0.39, 0.29) is 0 Å². The van der Waals surface area contributed by atoms with Crippen molar-refractivity contribution < 1.29 is 4.42 Å². The van der Waals surface area contributed by atoms with Crippen molar-refractivity contribution in [2.75, 3.05) is 6.54 Å². The van der Waals surface area contributed by atoms with Gasteiger partial charge in [-0.05, 0) is 53.8 Å². The molecule has 0 aliphatic rings. The molecule has 17 heavy (non-hydrogen) atoms. The number of benzene rings is 1. The molecule has 0 fully saturated rings. The molecule has 1 aromatic carbocycles. The maximum absolute atomic E-state index is 5.98. The van der Waals surface area contributed by atoms with Crippen LogP contribution in [0.3, 0.4) is 0 Å². The predicted molar refractivity (Wildman–Crippen MR) is 77.0 cm³/mol. The van der Waals surface area contributed by atoms with Crippen LogP contribution < -0.4 is 5.73 Å². The van der Waals surface area contributed by atoms with Crippen molar-refractivity contribution in [1.29, 1.82) is 0 Å². The van der Waals surface area contributed by atoms with Crippen molar-refractivity contribution in [1.82, 2.24) is 4.98 Å². The predicted octanol–water partition coefficient (Wildman–Crippen LogP) is 3.49. The number of aryl methyl sites for hydroxylation is 1. The van der Waals surface area contributed by atoms with Crippen LogP contribution in [-0.4, -0.2) is 11.5 Å². The van der Waals surface area contributed by atoms with E-state index in [2.05, 4.69) is 27.6 Å². The fourth-order valence-corrected chi connectivity index (χ4v) is 2.26. The minimum Gasteiger partial charge on any atom is -0.441 e. The summed E-state index contributed by atoms with van der Waals surface area (Å²) < 4.78 is 6.77. The maximum Gasteiger partial charge on any atom is 0.194 e. The summed E-state index contributed by atoms with van der Waals surface area (Å²) in [5.74, 6) is 1.48. The highest BCUT2D eigenvalue weighted by molar-refractivity contribution is 14.1. The van der Waals surface area contributed by atoms with Gasteiger partial charge in [-0.1, -0.05) is 11.6 Å². The van der Waals surface area contributed by atoms with Crippen molar-refractivity contribution in [2.24, 2.45) is 5.73 Å². The molecule has 0 saturated carbocycles. The van der Waals surface area contributed by atoms with Gasteiger partial charge in [0.1, 0.15) is 0 Å². The SMILES string of the molecule is NCCCc1ncc(-c2cc(Cl)ccc2I)o1. The number of oxazole rings is 1. The van der Waals surface area contributed by atoms with Gasteiger partial charge >= 0.3 is 0 Å². The second-order valence-electron chi connectivity index (χ2n) is 3.63. The van der Waals surface area contributed by atoms with Gasteiger partial charge < -0.3 is 10.2 Å². The number of rotatable bonds is 4. The first-order valence-electron chi connectivity index (χ1n) is 5.31. The van der Waals surface area contributed by atoms with Crippen LogP contribution in [0.5, 0.6) is 0 Å². The monoisotopic (exact) mass is 362 g/mol. The lowest BCUT2D eigenvalue weighted by Crippen LogP contribution is -2.00. The number of nitrogens with zero attached hydrogens (tertiary/aromatic N) is 1. The molecule has 5 heteroatoms. The molecule has 0 spiro atoms. The summed E-state index contributed by atoms with van der Waals surface area (Å²) in [6, 6.07) is 5.70. The molecule has 2 aromatic rings. The highest BCUT2D eigenvalue weighted by Gasteiger charge is 2.09. The molecule has 2 rings (SSSR count). The number of aromatic nitrogens is 1. The van der Waals surface area contributed by atoms with E-state index in [9.17, 15) is 0 Å². The van der Waals surface area contributed by atoms with E-state index in [1.54, 1.807) is 6.20 Å². The second kappa shape index (κ2) is 5.84. The summed E-state index contributed by atoms with van der Waals surface area (Å²) in [7, 11) is 0. The molecule has 90 valence electrons. The Bertz CT molecular complexity index is 513. The first-order chi connectivity index (χ1) is 8.20. The van der Waals surface area contributed by atoms with Crippen LogP contribution in [0.25, 0.3) is 11.3 Å². The quantitative estimate of drug-likeness (QED) is 0.847. The molecular weight excluding hydrogens is 351 g/mol. The molecule has 0 aliphatic heterocycles. The van der Waals surface area contributed by atoms with Crippen molar-refractivity contribution in [3.8, 4) is 11.3 Å². The molecule has 0 aliphatic carbocycles. The molecule has 3 nitrogen and oxygen atoms in total. The van der Waals surface area contributed by atoms with E-state index in [4.69, 9.17) is 21.8 Å². The largest absolute Gasteiger partial charge is 0.441 e. The molecular formula is C12H12ClIN2O. The average molecular weight is 363 g/mol. The zero-order valence-electron chi connectivity index (χ0n) is 9.12. The molecule has 0 saturated heterocycles.